The van der Waals surface area contributed by atoms with E-state index >= 15 is 0 Å². The number of carboxylic acids is 1. The second-order valence-corrected chi connectivity index (χ2v) is 5.78. The fourth-order valence-electron chi connectivity index (χ4n) is 2.43. The highest BCUT2D eigenvalue weighted by molar-refractivity contribution is 5.99. The van der Waals surface area contributed by atoms with Crippen LogP contribution < -0.4 is 11.1 Å². The summed E-state index contributed by atoms with van der Waals surface area (Å²) in [6, 6.07) is 9.88. The lowest BCUT2D eigenvalue weighted by Crippen LogP contribution is -2.21. The molecular weight excluding hydrogens is 379 g/mol. The van der Waals surface area contributed by atoms with Crippen molar-refractivity contribution in [3.8, 4) is 0 Å². The van der Waals surface area contributed by atoms with E-state index in [2.05, 4.69) is 34.6 Å². The predicted octanol–water partition coefficient (Wildman–Crippen LogP) is 2.15. The molecule has 10 heteroatoms. The molecular formula is C18H18F3N3O4. The molecule has 1 amide bonds. The lowest BCUT2D eigenvalue weighted by Gasteiger charge is -2.05. The topological polar surface area (TPSA) is 118 Å². The zero-order valence-corrected chi connectivity index (χ0v) is 14.6. The number of nitrogens with one attached hydrogen (secondary N) is 1. The molecule has 0 unspecified atom stereocenters. The molecule has 0 saturated carbocycles. The summed E-state index contributed by atoms with van der Waals surface area (Å²) in [5, 5.41) is 10.4. The van der Waals surface area contributed by atoms with Crippen molar-refractivity contribution < 1.29 is 32.3 Å². The quantitative estimate of drug-likeness (QED) is 0.715. The molecule has 0 bridgehead atoms. The van der Waals surface area contributed by atoms with E-state index in [0.717, 1.165) is 30.9 Å². The van der Waals surface area contributed by atoms with Crippen molar-refractivity contribution in [1.82, 2.24) is 5.32 Å². The Balaban J connectivity index is 0.000000345. The van der Waals surface area contributed by atoms with Crippen LogP contribution in [-0.2, 0) is 17.6 Å². The number of rotatable bonds is 5. The molecule has 0 aliphatic carbocycles. The molecule has 0 atom stereocenters. The van der Waals surface area contributed by atoms with Crippen LogP contribution in [0.3, 0.4) is 0 Å². The van der Waals surface area contributed by atoms with Gasteiger partial charge in [-0.05, 0) is 18.1 Å². The SMILES string of the molecule is NC(=O)c1ccoc1CCc1ccc(C2=NCCN2)cc1.O=C(O)C(F)(F)F. The fourth-order valence-corrected chi connectivity index (χ4v) is 2.43. The van der Waals surface area contributed by atoms with Crippen molar-refractivity contribution in [3.63, 3.8) is 0 Å². The van der Waals surface area contributed by atoms with Gasteiger partial charge < -0.3 is 20.6 Å². The molecule has 0 radical (unpaired) electrons. The maximum absolute atomic E-state index is 11.2. The van der Waals surface area contributed by atoms with Gasteiger partial charge in [0.1, 0.15) is 11.6 Å². The van der Waals surface area contributed by atoms with E-state index in [1.54, 1.807) is 6.07 Å². The molecule has 0 spiro atoms. The zero-order chi connectivity index (χ0) is 20.7. The molecule has 1 aliphatic rings. The molecule has 7 nitrogen and oxygen atoms in total. The van der Waals surface area contributed by atoms with Crippen molar-refractivity contribution in [1.29, 1.82) is 0 Å². The molecule has 0 saturated heterocycles. The Morgan fingerprint density at radius 2 is 1.82 bits per heavy atom. The predicted molar refractivity (Wildman–Crippen MR) is 94.2 cm³/mol. The van der Waals surface area contributed by atoms with Gasteiger partial charge in [-0.25, -0.2) is 4.79 Å². The van der Waals surface area contributed by atoms with E-state index in [9.17, 15) is 18.0 Å². The van der Waals surface area contributed by atoms with Crippen LogP contribution in [0.4, 0.5) is 13.2 Å². The fraction of sp³-hybridized carbons (Fsp3) is 0.278. The first-order valence-corrected chi connectivity index (χ1v) is 8.22. The summed E-state index contributed by atoms with van der Waals surface area (Å²) in [4.78, 5) is 24.5. The number of amides is 1. The molecule has 0 fully saturated rings. The van der Waals surface area contributed by atoms with Gasteiger partial charge >= 0.3 is 12.1 Å². The van der Waals surface area contributed by atoms with Crippen LogP contribution in [0.25, 0.3) is 0 Å². The minimum atomic E-state index is -5.08. The standard InChI is InChI=1S/C16H17N3O2.C2HF3O2/c17-15(20)13-7-10-21-14(13)6-3-11-1-4-12(5-2-11)16-18-8-9-19-16;3-2(4,5)1(6)7/h1-2,4-5,7,10H,3,6,8-9H2,(H2,17,20)(H,18,19);(H,6,7). The Labute approximate surface area is 158 Å². The van der Waals surface area contributed by atoms with Gasteiger partial charge in [0.2, 0.25) is 0 Å². The number of carboxylic acid groups (broad SMARTS) is 1. The lowest BCUT2D eigenvalue weighted by atomic mass is 10.0. The number of primary amides is 1. The molecule has 4 N–H and O–H groups in total. The summed E-state index contributed by atoms with van der Waals surface area (Å²) in [6.07, 6.45) is -2.12. The summed E-state index contributed by atoms with van der Waals surface area (Å²) in [7, 11) is 0. The Morgan fingerprint density at radius 3 is 2.32 bits per heavy atom. The largest absolute Gasteiger partial charge is 0.490 e. The molecule has 1 aromatic carbocycles. The number of furan rings is 1. The Bertz CT molecular complexity index is 858. The van der Waals surface area contributed by atoms with E-state index in [4.69, 9.17) is 20.1 Å². The number of amidine groups is 1. The summed E-state index contributed by atoms with van der Waals surface area (Å²) in [5.41, 5.74) is 8.06. The van der Waals surface area contributed by atoms with Crippen LogP contribution in [0.1, 0.15) is 27.2 Å². The molecule has 2 aromatic rings. The first-order valence-electron chi connectivity index (χ1n) is 8.22. The van der Waals surface area contributed by atoms with E-state index in [1.165, 1.54) is 11.8 Å². The van der Waals surface area contributed by atoms with Gasteiger partial charge in [0.15, 0.2) is 0 Å². The number of aliphatic carboxylic acids is 1. The molecule has 28 heavy (non-hydrogen) atoms. The second-order valence-electron chi connectivity index (χ2n) is 5.78. The van der Waals surface area contributed by atoms with Gasteiger partial charge in [-0.1, -0.05) is 24.3 Å². The maximum Gasteiger partial charge on any atom is 0.490 e. The van der Waals surface area contributed by atoms with E-state index < -0.39 is 18.1 Å². The van der Waals surface area contributed by atoms with Gasteiger partial charge in [0.25, 0.3) is 5.91 Å². The summed E-state index contributed by atoms with van der Waals surface area (Å²) < 4.78 is 37.1. The average molecular weight is 397 g/mol. The summed E-state index contributed by atoms with van der Waals surface area (Å²) in [5.74, 6) is -1.59. The summed E-state index contributed by atoms with van der Waals surface area (Å²) in [6.45, 7) is 1.75. The van der Waals surface area contributed by atoms with Gasteiger partial charge in [-0.15, -0.1) is 0 Å². The average Bonchev–Trinajstić information content (AvgIpc) is 3.32. The molecule has 2 heterocycles. The van der Waals surface area contributed by atoms with Crippen LogP contribution in [0, 0.1) is 0 Å². The highest BCUT2D eigenvalue weighted by atomic mass is 19.4. The van der Waals surface area contributed by atoms with Crippen molar-refractivity contribution in [3.05, 3.63) is 59.0 Å². The number of benzene rings is 1. The number of hydrogen-bond acceptors (Lipinski definition) is 5. The number of carbonyl (C=O) groups excluding carboxylic acids is 1. The molecule has 1 aromatic heterocycles. The number of alkyl halides is 3. The number of hydrogen-bond donors (Lipinski definition) is 3. The van der Waals surface area contributed by atoms with Gasteiger partial charge in [0.05, 0.1) is 18.4 Å². The number of halogens is 3. The monoisotopic (exact) mass is 397 g/mol. The van der Waals surface area contributed by atoms with E-state index in [1.807, 2.05) is 0 Å². The highest BCUT2D eigenvalue weighted by Gasteiger charge is 2.38. The van der Waals surface area contributed by atoms with Crippen LogP contribution in [0.2, 0.25) is 0 Å². The third-order valence-corrected chi connectivity index (χ3v) is 3.80. The minimum absolute atomic E-state index is 0.445. The number of nitrogens with two attached hydrogens (primary N) is 1. The van der Waals surface area contributed by atoms with Crippen molar-refractivity contribution >= 4 is 17.7 Å². The molecule has 1 aliphatic heterocycles. The first kappa shape index (κ1) is 21.0. The second kappa shape index (κ2) is 9.07. The molecule has 150 valence electrons. The normalized spacial score (nSPS) is 13.2. The number of aliphatic imine (C=N–C) groups is 1. The number of carbonyl (C=O) groups is 2. The van der Waals surface area contributed by atoms with Gasteiger partial charge in [0, 0.05) is 18.5 Å². The van der Waals surface area contributed by atoms with Crippen molar-refractivity contribution in [2.45, 2.75) is 19.0 Å². The third kappa shape index (κ3) is 5.86. The Kier molecular flexibility index (Phi) is 6.80. The number of aryl methyl sites for hydroxylation is 2. The maximum atomic E-state index is 11.2. The Hall–Kier alpha value is -3.30. The zero-order valence-electron chi connectivity index (χ0n) is 14.6. The first-order chi connectivity index (χ1) is 13.2. The van der Waals surface area contributed by atoms with Gasteiger partial charge in [-0.3, -0.25) is 9.79 Å². The van der Waals surface area contributed by atoms with E-state index in [0.29, 0.717) is 17.7 Å². The Morgan fingerprint density at radius 1 is 1.18 bits per heavy atom. The van der Waals surface area contributed by atoms with E-state index in [-0.39, 0.29) is 0 Å². The summed E-state index contributed by atoms with van der Waals surface area (Å²) >= 11 is 0. The van der Waals surface area contributed by atoms with Crippen LogP contribution in [0.5, 0.6) is 0 Å². The number of nitrogens with zero attached hydrogens (tertiary/aromatic N) is 1. The minimum Gasteiger partial charge on any atom is -0.475 e. The van der Waals surface area contributed by atoms with Crippen LogP contribution in [0.15, 0.2) is 46.0 Å². The van der Waals surface area contributed by atoms with Crippen molar-refractivity contribution in [2.75, 3.05) is 13.1 Å². The smallest absolute Gasteiger partial charge is 0.475 e. The van der Waals surface area contributed by atoms with Crippen molar-refractivity contribution in [2.24, 2.45) is 10.7 Å². The van der Waals surface area contributed by atoms with Crippen LogP contribution in [-0.4, -0.2) is 42.1 Å². The van der Waals surface area contributed by atoms with Gasteiger partial charge in [-0.2, -0.15) is 13.2 Å². The lowest BCUT2D eigenvalue weighted by molar-refractivity contribution is -0.192. The highest BCUT2D eigenvalue weighted by Crippen LogP contribution is 2.15. The van der Waals surface area contributed by atoms with Crippen LogP contribution >= 0.6 is 0 Å². The third-order valence-electron chi connectivity index (χ3n) is 3.80. The molecule has 3 rings (SSSR count).